The minimum absolute atomic E-state index is 0.167. The Morgan fingerprint density at radius 3 is 1.46 bits per heavy atom. The second-order valence-electron chi connectivity index (χ2n) is 6.28. The number of carbonyl (C=O) groups excluding carboxylic acids is 1. The summed E-state index contributed by atoms with van der Waals surface area (Å²) < 4.78 is 0. The van der Waals surface area contributed by atoms with E-state index in [0.717, 1.165) is 32.1 Å². The summed E-state index contributed by atoms with van der Waals surface area (Å²) in [5.41, 5.74) is 0. The van der Waals surface area contributed by atoms with Gasteiger partial charge in [-0.3, -0.25) is 4.79 Å². The maximum absolute atomic E-state index is 10.3. The van der Waals surface area contributed by atoms with E-state index in [0.29, 0.717) is 0 Å². The Hall–Kier alpha value is -1.90. The molecule has 0 aromatic heterocycles. The number of aliphatic carboxylic acids is 1. The van der Waals surface area contributed by atoms with Crippen LogP contribution < -0.4 is 0 Å². The highest BCUT2D eigenvalue weighted by Gasteiger charge is 1.92. The lowest BCUT2D eigenvalue weighted by molar-refractivity contribution is -0.137. The molecule has 26 heavy (non-hydrogen) atoms. The van der Waals surface area contributed by atoms with Gasteiger partial charge in [-0.2, -0.15) is 0 Å². The third-order valence-corrected chi connectivity index (χ3v) is 3.22. The molecule has 0 aliphatic rings. The molecule has 0 saturated heterocycles. The third kappa shape index (κ3) is 33.6. The Morgan fingerprint density at radius 2 is 1.08 bits per heavy atom. The van der Waals surface area contributed by atoms with Gasteiger partial charge in [0.15, 0.2) is 0 Å². The quantitative estimate of drug-likeness (QED) is 0.273. The van der Waals surface area contributed by atoms with Crippen molar-refractivity contribution < 1.29 is 14.7 Å². The summed E-state index contributed by atoms with van der Waals surface area (Å²) in [4.78, 5) is 19.8. The first-order chi connectivity index (χ1) is 12.5. The standard InChI is InChI=1S/C20H32O2.C3H6O/c1-2-3-4-5-6-7-8-9-10-11-12-13-14-15-16-17-18-19-20(21)22;1-3(2)4/h6-7,9-10,12-13,15-16H,2-5,8,11,14,17-19H2,1H3,(H,21,22);1-2H3/b7-6-,10-9-,13-12-,16-15-;. The largest absolute Gasteiger partial charge is 0.481 e. The van der Waals surface area contributed by atoms with E-state index in [4.69, 9.17) is 5.11 Å². The predicted octanol–water partition coefficient (Wildman–Crippen LogP) is 6.81. The SMILES string of the molecule is CC(C)=O.CCCCC/C=C\C/C=C\C/C=C\C/C=C\CCCC(=O)O. The van der Waals surface area contributed by atoms with E-state index in [1.165, 1.54) is 39.5 Å². The van der Waals surface area contributed by atoms with Crippen LogP contribution in [-0.2, 0) is 9.59 Å². The molecule has 0 aromatic rings. The summed E-state index contributed by atoms with van der Waals surface area (Å²) in [6, 6.07) is 0. The molecule has 0 bridgehead atoms. The number of hydrogen-bond acceptors (Lipinski definition) is 2. The number of carboxylic acids is 1. The Labute approximate surface area is 160 Å². The highest BCUT2D eigenvalue weighted by atomic mass is 16.4. The maximum Gasteiger partial charge on any atom is 0.303 e. The second-order valence-corrected chi connectivity index (χ2v) is 6.28. The molecule has 0 aliphatic carbocycles. The molecule has 0 rings (SSSR count). The van der Waals surface area contributed by atoms with Crippen LogP contribution in [0.1, 0.15) is 85.0 Å². The number of Topliss-reactive ketones (excluding diaryl/α,β-unsaturated/α-hetero) is 1. The molecular formula is C23H38O3. The lowest BCUT2D eigenvalue weighted by Crippen LogP contribution is -1.92. The molecule has 0 atom stereocenters. The number of allylic oxidation sites excluding steroid dienone is 8. The van der Waals surface area contributed by atoms with Crippen LogP contribution in [0, 0.1) is 0 Å². The topological polar surface area (TPSA) is 54.4 Å². The van der Waals surface area contributed by atoms with Crippen molar-refractivity contribution in [1.29, 1.82) is 0 Å². The zero-order chi connectivity index (χ0) is 19.9. The molecule has 0 unspecified atom stereocenters. The molecular weight excluding hydrogens is 324 g/mol. The fraction of sp³-hybridized carbons (Fsp3) is 0.565. The van der Waals surface area contributed by atoms with Crippen LogP contribution in [0.3, 0.4) is 0 Å². The van der Waals surface area contributed by atoms with Crippen LogP contribution in [0.25, 0.3) is 0 Å². The van der Waals surface area contributed by atoms with Crippen LogP contribution in [0.2, 0.25) is 0 Å². The summed E-state index contributed by atoms with van der Waals surface area (Å²) in [5.74, 6) is -0.545. The molecule has 3 nitrogen and oxygen atoms in total. The van der Waals surface area contributed by atoms with Gasteiger partial charge in [-0.15, -0.1) is 0 Å². The minimum atomic E-state index is -0.712. The Morgan fingerprint density at radius 1 is 0.692 bits per heavy atom. The van der Waals surface area contributed by atoms with Crippen molar-refractivity contribution in [3.05, 3.63) is 48.6 Å². The van der Waals surface area contributed by atoms with E-state index in [1.807, 2.05) is 0 Å². The second kappa shape index (κ2) is 23.1. The molecule has 0 aliphatic heterocycles. The van der Waals surface area contributed by atoms with Gasteiger partial charge in [0.1, 0.15) is 5.78 Å². The zero-order valence-electron chi connectivity index (χ0n) is 17.0. The monoisotopic (exact) mass is 362 g/mol. The summed E-state index contributed by atoms with van der Waals surface area (Å²) in [5, 5.41) is 8.49. The zero-order valence-corrected chi connectivity index (χ0v) is 17.0. The number of ketones is 1. The van der Waals surface area contributed by atoms with Crippen molar-refractivity contribution >= 4 is 11.8 Å². The van der Waals surface area contributed by atoms with Crippen LogP contribution >= 0.6 is 0 Å². The van der Waals surface area contributed by atoms with Crippen molar-refractivity contribution in [2.45, 2.75) is 85.0 Å². The molecule has 0 aromatic carbocycles. The maximum atomic E-state index is 10.3. The predicted molar refractivity (Wildman–Crippen MR) is 112 cm³/mol. The molecule has 148 valence electrons. The van der Waals surface area contributed by atoms with Gasteiger partial charge in [0.25, 0.3) is 0 Å². The highest BCUT2D eigenvalue weighted by Crippen LogP contribution is 2.01. The number of carbonyl (C=O) groups is 2. The number of unbranched alkanes of at least 4 members (excludes halogenated alkanes) is 4. The van der Waals surface area contributed by atoms with Crippen molar-refractivity contribution in [3.8, 4) is 0 Å². The Kier molecular flexibility index (Phi) is 23.4. The van der Waals surface area contributed by atoms with E-state index >= 15 is 0 Å². The van der Waals surface area contributed by atoms with E-state index in [9.17, 15) is 9.59 Å². The third-order valence-electron chi connectivity index (χ3n) is 3.22. The van der Waals surface area contributed by atoms with E-state index in [2.05, 4.69) is 55.5 Å². The van der Waals surface area contributed by atoms with Crippen LogP contribution in [0.5, 0.6) is 0 Å². The van der Waals surface area contributed by atoms with Gasteiger partial charge >= 0.3 is 5.97 Å². The Balaban J connectivity index is 0. The van der Waals surface area contributed by atoms with Crippen molar-refractivity contribution in [2.75, 3.05) is 0 Å². The van der Waals surface area contributed by atoms with Crippen molar-refractivity contribution in [1.82, 2.24) is 0 Å². The highest BCUT2D eigenvalue weighted by molar-refractivity contribution is 5.72. The van der Waals surface area contributed by atoms with E-state index in [1.54, 1.807) is 0 Å². The fourth-order valence-electron chi connectivity index (χ4n) is 1.93. The van der Waals surface area contributed by atoms with Gasteiger partial charge in [0, 0.05) is 6.42 Å². The first-order valence-electron chi connectivity index (χ1n) is 9.79. The first kappa shape index (κ1) is 26.3. The lowest BCUT2D eigenvalue weighted by atomic mass is 10.2. The van der Waals surface area contributed by atoms with E-state index in [-0.39, 0.29) is 12.2 Å². The van der Waals surface area contributed by atoms with Crippen molar-refractivity contribution in [2.24, 2.45) is 0 Å². The number of rotatable bonds is 14. The van der Waals surface area contributed by atoms with Gasteiger partial charge in [-0.1, -0.05) is 68.4 Å². The van der Waals surface area contributed by atoms with Crippen molar-refractivity contribution in [3.63, 3.8) is 0 Å². The fourth-order valence-corrected chi connectivity index (χ4v) is 1.93. The summed E-state index contributed by atoms with van der Waals surface area (Å²) >= 11 is 0. The Bertz CT molecular complexity index is 438. The molecule has 3 heteroatoms. The molecule has 0 heterocycles. The summed E-state index contributed by atoms with van der Waals surface area (Å²) in [6.45, 7) is 5.29. The minimum Gasteiger partial charge on any atom is -0.481 e. The number of hydrogen-bond donors (Lipinski definition) is 1. The van der Waals surface area contributed by atoms with Gasteiger partial charge in [0.2, 0.25) is 0 Å². The lowest BCUT2D eigenvalue weighted by Gasteiger charge is -1.90. The van der Waals surface area contributed by atoms with Gasteiger partial charge in [-0.05, 0) is 58.8 Å². The van der Waals surface area contributed by atoms with Gasteiger partial charge < -0.3 is 9.90 Å². The molecule has 0 saturated carbocycles. The normalized spacial score (nSPS) is 11.5. The smallest absolute Gasteiger partial charge is 0.303 e. The summed E-state index contributed by atoms with van der Waals surface area (Å²) in [6.07, 6.45) is 27.3. The van der Waals surface area contributed by atoms with Crippen LogP contribution in [0.15, 0.2) is 48.6 Å². The van der Waals surface area contributed by atoms with Crippen LogP contribution in [0.4, 0.5) is 0 Å². The molecule has 0 amide bonds. The number of carboxylic acid groups (broad SMARTS) is 1. The summed E-state index contributed by atoms with van der Waals surface area (Å²) in [7, 11) is 0. The molecule has 0 radical (unpaired) electrons. The van der Waals surface area contributed by atoms with Crippen LogP contribution in [-0.4, -0.2) is 16.9 Å². The molecule has 1 N–H and O–H groups in total. The van der Waals surface area contributed by atoms with Gasteiger partial charge in [0.05, 0.1) is 0 Å². The van der Waals surface area contributed by atoms with Gasteiger partial charge in [-0.25, -0.2) is 0 Å². The average Bonchev–Trinajstić information content (AvgIpc) is 2.57. The first-order valence-corrected chi connectivity index (χ1v) is 9.79. The molecule has 0 fully saturated rings. The van der Waals surface area contributed by atoms with E-state index < -0.39 is 5.97 Å². The average molecular weight is 363 g/mol. The molecule has 0 spiro atoms.